The molecule has 1 N–H and O–H groups in total. The number of nitrogens with zero attached hydrogens (tertiary/aromatic N) is 2. The molecule has 220 valence electrons. The molecule has 9 nitrogen and oxygen atoms in total. The van der Waals surface area contributed by atoms with Gasteiger partial charge in [0.05, 0.1) is 38.5 Å². The molecule has 5 rings (SSSR count). The predicted molar refractivity (Wildman–Crippen MR) is 158 cm³/mol. The van der Waals surface area contributed by atoms with E-state index in [0.29, 0.717) is 12.1 Å². The molecule has 1 atom stereocenters. The van der Waals surface area contributed by atoms with Crippen LogP contribution in [0.4, 0.5) is 10.5 Å². The molecule has 0 radical (unpaired) electrons. The number of methoxy groups -OCH3 is 2. The fraction of sp³-hybridized carbons (Fsp3) is 0.500. The summed E-state index contributed by atoms with van der Waals surface area (Å²) < 4.78 is 23.8. The molecule has 9 heteroatoms. The van der Waals surface area contributed by atoms with Gasteiger partial charge < -0.3 is 24.3 Å². The fourth-order valence-corrected chi connectivity index (χ4v) is 6.21. The van der Waals surface area contributed by atoms with E-state index in [0.717, 1.165) is 71.6 Å². The van der Waals surface area contributed by atoms with Crippen LogP contribution in [0.1, 0.15) is 66.7 Å². The highest BCUT2D eigenvalue weighted by Crippen LogP contribution is 2.49. The molecule has 1 spiro atoms. The molecule has 0 saturated carbocycles. The Morgan fingerprint density at radius 1 is 1.15 bits per heavy atom. The van der Waals surface area contributed by atoms with Crippen molar-refractivity contribution >= 4 is 28.7 Å². The van der Waals surface area contributed by atoms with Gasteiger partial charge in [0, 0.05) is 47.9 Å². The van der Waals surface area contributed by atoms with Crippen molar-refractivity contribution in [3.05, 3.63) is 58.8 Å². The summed E-state index contributed by atoms with van der Waals surface area (Å²) in [5, 5.41) is 4.28. The van der Waals surface area contributed by atoms with Crippen LogP contribution in [-0.2, 0) is 20.8 Å². The van der Waals surface area contributed by atoms with E-state index in [2.05, 4.69) is 10.2 Å². The summed E-state index contributed by atoms with van der Waals surface area (Å²) in [6.07, 6.45) is 3.36. The van der Waals surface area contributed by atoms with Crippen molar-refractivity contribution in [2.75, 3.05) is 46.3 Å². The maximum atomic E-state index is 13.1. The molecule has 1 aromatic heterocycles. The molecule has 0 amide bonds. The number of anilines is 1. The predicted octanol–water partition coefficient (Wildman–Crippen LogP) is 5.92. The fourth-order valence-electron chi connectivity index (χ4n) is 6.21. The Morgan fingerprint density at radius 2 is 1.90 bits per heavy atom. The SMILES string of the molecule is CNc1cc(C(=O)OC)ccc1C1CC2(CCN1Cc1c(OC)cc(C)c3c1ccn3C(=O)OC(C)(C)C)COC2. The standard InChI is InChI=1S/C32H41N3O6/c1-20-14-27(38-6)24(22-10-12-35(28(20)22)30(37)41-31(2,3)4)17-34-13-11-32(18-40-19-32)16-26(34)23-9-8-21(29(36)39-7)15-25(23)33-5/h8-10,12,14-15,26,33H,11,13,16-19H2,1-7H3. The van der Waals surface area contributed by atoms with Gasteiger partial charge in [-0.15, -0.1) is 0 Å². The minimum atomic E-state index is -0.604. The summed E-state index contributed by atoms with van der Waals surface area (Å²) in [7, 11) is 4.96. The number of nitrogens with one attached hydrogen (secondary N) is 1. The van der Waals surface area contributed by atoms with E-state index in [4.69, 9.17) is 18.9 Å². The van der Waals surface area contributed by atoms with Crippen LogP contribution >= 0.6 is 0 Å². The zero-order valence-corrected chi connectivity index (χ0v) is 25.1. The summed E-state index contributed by atoms with van der Waals surface area (Å²) in [6, 6.07) is 9.80. The molecule has 3 heterocycles. The Labute approximate surface area is 241 Å². The van der Waals surface area contributed by atoms with Gasteiger partial charge in [0.25, 0.3) is 0 Å². The van der Waals surface area contributed by atoms with Crippen molar-refractivity contribution in [1.29, 1.82) is 0 Å². The lowest BCUT2D eigenvalue weighted by molar-refractivity contribution is -0.153. The zero-order valence-electron chi connectivity index (χ0n) is 25.1. The van der Waals surface area contributed by atoms with Crippen LogP contribution < -0.4 is 10.1 Å². The van der Waals surface area contributed by atoms with Gasteiger partial charge in [0.1, 0.15) is 11.4 Å². The minimum Gasteiger partial charge on any atom is -0.496 e. The largest absolute Gasteiger partial charge is 0.496 e. The molecule has 2 aromatic carbocycles. The molecule has 2 aliphatic rings. The maximum absolute atomic E-state index is 13.1. The third kappa shape index (κ3) is 5.53. The zero-order chi connectivity index (χ0) is 29.5. The summed E-state index contributed by atoms with van der Waals surface area (Å²) >= 11 is 0. The Kier molecular flexibility index (Phi) is 7.78. The highest BCUT2D eigenvalue weighted by molar-refractivity contribution is 5.95. The third-order valence-corrected chi connectivity index (χ3v) is 8.32. The number of likely N-dealkylation sites (tertiary alicyclic amines) is 1. The summed E-state index contributed by atoms with van der Waals surface area (Å²) in [5.74, 6) is 0.427. The number of piperidine rings is 1. The smallest absolute Gasteiger partial charge is 0.419 e. The van der Waals surface area contributed by atoms with Gasteiger partial charge in [-0.2, -0.15) is 0 Å². The molecule has 1 unspecified atom stereocenters. The number of carbonyl (C=O) groups excluding carboxylic acids is 2. The summed E-state index contributed by atoms with van der Waals surface area (Å²) in [6.45, 7) is 10.6. The average molecular weight is 564 g/mol. The van der Waals surface area contributed by atoms with E-state index in [-0.39, 0.29) is 17.4 Å². The second kappa shape index (κ2) is 11.0. The molecule has 0 aliphatic carbocycles. The van der Waals surface area contributed by atoms with E-state index >= 15 is 0 Å². The van der Waals surface area contributed by atoms with Gasteiger partial charge in [-0.05, 0) is 82.5 Å². The number of esters is 1. The summed E-state index contributed by atoms with van der Waals surface area (Å²) in [5.41, 5.74) is 4.87. The average Bonchev–Trinajstić information content (AvgIpc) is 3.38. The molecule has 2 aliphatic heterocycles. The number of ether oxygens (including phenoxy) is 4. The first-order chi connectivity index (χ1) is 19.5. The number of fused-ring (bicyclic) bond motifs is 1. The number of benzene rings is 2. The molecule has 0 bridgehead atoms. The lowest BCUT2D eigenvalue weighted by atomic mass is 9.72. The number of aryl methyl sites for hydroxylation is 1. The Hall–Kier alpha value is -3.56. The first-order valence-electron chi connectivity index (χ1n) is 14.1. The summed E-state index contributed by atoms with van der Waals surface area (Å²) in [4.78, 5) is 27.8. The topological polar surface area (TPSA) is 91.3 Å². The Balaban J connectivity index is 1.56. The van der Waals surface area contributed by atoms with E-state index in [1.54, 1.807) is 17.9 Å². The van der Waals surface area contributed by atoms with Gasteiger partial charge in [-0.1, -0.05) is 6.07 Å². The lowest BCUT2D eigenvalue weighted by Gasteiger charge is -2.51. The molecule has 3 aromatic rings. The lowest BCUT2D eigenvalue weighted by Crippen LogP contribution is -2.51. The number of hydrogen-bond acceptors (Lipinski definition) is 8. The number of carbonyl (C=O) groups is 2. The first-order valence-corrected chi connectivity index (χ1v) is 14.1. The highest BCUT2D eigenvalue weighted by Gasteiger charge is 2.46. The molecule has 2 saturated heterocycles. The van der Waals surface area contributed by atoms with Gasteiger partial charge in [-0.3, -0.25) is 9.47 Å². The first kappa shape index (κ1) is 29.0. The van der Waals surface area contributed by atoms with E-state index in [1.165, 1.54) is 7.11 Å². The number of aromatic nitrogens is 1. The number of hydrogen-bond donors (Lipinski definition) is 1. The van der Waals surface area contributed by atoms with Crippen LogP contribution in [0.5, 0.6) is 5.75 Å². The third-order valence-electron chi connectivity index (χ3n) is 8.32. The Bertz CT molecular complexity index is 1470. The van der Waals surface area contributed by atoms with Gasteiger partial charge in [0.2, 0.25) is 0 Å². The second-order valence-corrected chi connectivity index (χ2v) is 12.3. The van der Waals surface area contributed by atoms with Crippen LogP contribution in [0.2, 0.25) is 0 Å². The minimum absolute atomic E-state index is 0.0794. The van der Waals surface area contributed by atoms with Crippen molar-refractivity contribution in [2.24, 2.45) is 5.41 Å². The van der Waals surface area contributed by atoms with Crippen molar-refractivity contribution in [1.82, 2.24) is 9.47 Å². The number of rotatable bonds is 6. The molecular weight excluding hydrogens is 522 g/mol. The quantitative estimate of drug-likeness (QED) is 0.370. The Morgan fingerprint density at radius 3 is 2.51 bits per heavy atom. The molecule has 2 fully saturated rings. The van der Waals surface area contributed by atoms with E-state index < -0.39 is 11.7 Å². The van der Waals surface area contributed by atoms with Crippen LogP contribution in [0.15, 0.2) is 36.5 Å². The van der Waals surface area contributed by atoms with Crippen molar-refractivity contribution < 1.29 is 28.5 Å². The molecule has 41 heavy (non-hydrogen) atoms. The normalized spacial score (nSPS) is 18.7. The van der Waals surface area contributed by atoms with Crippen LogP contribution in [0.25, 0.3) is 10.9 Å². The van der Waals surface area contributed by atoms with Crippen molar-refractivity contribution in [3.8, 4) is 5.75 Å². The maximum Gasteiger partial charge on any atom is 0.419 e. The van der Waals surface area contributed by atoms with Gasteiger partial charge in [0.15, 0.2) is 0 Å². The van der Waals surface area contributed by atoms with E-state index in [9.17, 15) is 9.59 Å². The van der Waals surface area contributed by atoms with Crippen LogP contribution in [0, 0.1) is 12.3 Å². The van der Waals surface area contributed by atoms with Gasteiger partial charge in [-0.25, -0.2) is 9.59 Å². The highest BCUT2D eigenvalue weighted by atomic mass is 16.6. The van der Waals surface area contributed by atoms with Crippen LogP contribution in [0.3, 0.4) is 0 Å². The monoisotopic (exact) mass is 563 g/mol. The van der Waals surface area contributed by atoms with E-state index in [1.807, 2.05) is 65.1 Å². The second-order valence-electron chi connectivity index (χ2n) is 12.3. The van der Waals surface area contributed by atoms with Crippen molar-refractivity contribution in [2.45, 2.75) is 58.7 Å². The molecular formula is C32H41N3O6. The van der Waals surface area contributed by atoms with Crippen LogP contribution in [-0.4, -0.2) is 68.2 Å². The van der Waals surface area contributed by atoms with Crippen molar-refractivity contribution in [3.63, 3.8) is 0 Å². The van der Waals surface area contributed by atoms with Gasteiger partial charge >= 0.3 is 12.1 Å².